The van der Waals surface area contributed by atoms with E-state index in [0.29, 0.717) is 13.1 Å². The number of carbonyl (C=O) groups is 2. The van der Waals surface area contributed by atoms with Gasteiger partial charge in [-0.25, -0.2) is 0 Å². The van der Waals surface area contributed by atoms with Gasteiger partial charge in [0.05, 0.1) is 6.42 Å². The fraction of sp³-hybridized carbons (Fsp3) is 0.800. The lowest BCUT2D eigenvalue weighted by Crippen LogP contribution is -2.49. The van der Waals surface area contributed by atoms with Crippen molar-refractivity contribution in [3.8, 4) is 0 Å². The monoisotopic (exact) mass is 293 g/mol. The zero-order valence-electron chi connectivity index (χ0n) is 10.5. The third kappa shape index (κ3) is 5.13. The number of nitrogens with two attached hydrogens (primary N) is 1. The second-order valence-electron chi connectivity index (χ2n) is 4.50. The Labute approximate surface area is 112 Å². The quantitative estimate of drug-likeness (QED) is 0.580. The van der Waals surface area contributed by atoms with Gasteiger partial charge in [0.15, 0.2) is 0 Å². The van der Waals surface area contributed by atoms with Crippen molar-refractivity contribution in [3.05, 3.63) is 0 Å². The summed E-state index contributed by atoms with van der Waals surface area (Å²) in [7, 11) is -3.90. The predicted octanol–water partition coefficient (Wildman–Crippen LogP) is -0.975. The van der Waals surface area contributed by atoms with Crippen LogP contribution in [0.4, 0.5) is 0 Å². The summed E-state index contributed by atoms with van der Waals surface area (Å²) in [5.74, 6) is -2.29. The first-order valence-corrected chi connectivity index (χ1v) is 7.55. The molecule has 1 saturated heterocycles. The molecule has 1 fully saturated rings. The number of primary amides is 1. The van der Waals surface area contributed by atoms with E-state index in [4.69, 9.17) is 10.8 Å². The molecule has 1 rings (SSSR count). The van der Waals surface area contributed by atoms with E-state index in [-0.39, 0.29) is 0 Å². The molecule has 0 radical (unpaired) electrons. The molecule has 0 aromatic heterocycles. The van der Waals surface area contributed by atoms with E-state index in [9.17, 15) is 18.0 Å². The van der Waals surface area contributed by atoms with Gasteiger partial charge in [0, 0.05) is 13.1 Å². The molecular formula is C10H19N3O5S. The lowest BCUT2D eigenvalue weighted by Gasteiger charge is -2.22. The van der Waals surface area contributed by atoms with E-state index in [1.54, 1.807) is 0 Å². The maximum absolute atomic E-state index is 12.0. The second-order valence-corrected chi connectivity index (χ2v) is 6.20. The topological polar surface area (TPSA) is 130 Å². The predicted molar refractivity (Wildman–Crippen MR) is 67.3 cm³/mol. The third-order valence-corrected chi connectivity index (χ3v) is 4.53. The van der Waals surface area contributed by atoms with E-state index in [1.165, 1.54) is 4.31 Å². The lowest BCUT2D eigenvalue weighted by molar-refractivity contribution is -0.140. The van der Waals surface area contributed by atoms with Gasteiger partial charge in [-0.15, -0.1) is 0 Å². The molecule has 0 aromatic carbocycles. The highest BCUT2D eigenvalue weighted by Gasteiger charge is 2.30. The maximum Gasteiger partial charge on any atom is 0.322 e. The molecule has 1 heterocycles. The summed E-state index contributed by atoms with van der Waals surface area (Å²) >= 11 is 0. The summed E-state index contributed by atoms with van der Waals surface area (Å²) in [6.45, 7) is 0.719. The van der Waals surface area contributed by atoms with Gasteiger partial charge in [0.1, 0.15) is 6.04 Å². The van der Waals surface area contributed by atoms with E-state index >= 15 is 0 Å². The van der Waals surface area contributed by atoms with Crippen LogP contribution in [0.15, 0.2) is 0 Å². The van der Waals surface area contributed by atoms with Crippen LogP contribution in [-0.2, 0) is 19.8 Å². The molecule has 1 atom stereocenters. The van der Waals surface area contributed by atoms with Crippen molar-refractivity contribution in [2.24, 2.45) is 5.73 Å². The summed E-state index contributed by atoms with van der Waals surface area (Å²) < 4.78 is 27.3. The van der Waals surface area contributed by atoms with Crippen LogP contribution in [0.1, 0.15) is 32.1 Å². The molecule has 110 valence electrons. The molecule has 0 spiro atoms. The highest BCUT2D eigenvalue weighted by molar-refractivity contribution is 7.87. The van der Waals surface area contributed by atoms with Crippen LogP contribution >= 0.6 is 0 Å². The second kappa shape index (κ2) is 6.83. The Kier molecular flexibility index (Phi) is 5.70. The first-order chi connectivity index (χ1) is 8.83. The zero-order chi connectivity index (χ0) is 14.5. The highest BCUT2D eigenvalue weighted by Crippen LogP contribution is 2.13. The minimum absolute atomic E-state index is 0.359. The Balaban J connectivity index is 2.74. The summed E-state index contributed by atoms with van der Waals surface area (Å²) in [6.07, 6.45) is 2.83. The number of hydrogen-bond acceptors (Lipinski definition) is 4. The molecule has 0 aliphatic carbocycles. The van der Waals surface area contributed by atoms with Gasteiger partial charge in [-0.05, 0) is 12.8 Å². The van der Waals surface area contributed by atoms with Crippen molar-refractivity contribution in [2.45, 2.75) is 38.1 Å². The molecule has 8 nitrogen and oxygen atoms in total. The van der Waals surface area contributed by atoms with Crippen molar-refractivity contribution >= 4 is 22.1 Å². The number of nitrogens with one attached hydrogen (secondary N) is 1. The van der Waals surface area contributed by atoms with Crippen molar-refractivity contribution in [1.82, 2.24) is 9.03 Å². The number of carbonyl (C=O) groups excluding carboxylic acids is 1. The fourth-order valence-corrected chi connectivity index (χ4v) is 3.35. The number of nitrogens with zero attached hydrogens (tertiary/aromatic N) is 1. The minimum atomic E-state index is -3.90. The SMILES string of the molecule is NC(=O)CC(NS(=O)(=O)N1CCCCCC1)C(=O)O. The van der Waals surface area contributed by atoms with E-state index in [1.807, 2.05) is 4.72 Å². The Hall–Kier alpha value is -1.19. The van der Waals surface area contributed by atoms with Crippen LogP contribution < -0.4 is 10.5 Å². The van der Waals surface area contributed by atoms with Gasteiger partial charge in [-0.1, -0.05) is 12.8 Å². The van der Waals surface area contributed by atoms with Crippen LogP contribution in [0.25, 0.3) is 0 Å². The molecule has 1 aliphatic rings. The van der Waals surface area contributed by atoms with Crippen molar-refractivity contribution in [3.63, 3.8) is 0 Å². The molecule has 1 aliphatic heterocycles. The normalized spacial score (nSPS) is 19.6. The first-order valence-electron chi connectivity index (χ1n) is 6.11. The van der Waals surface area contributed by atoms with Gasteiger partial charge < -0.3 is 10.8 Å². The largest absolute Gasteiger partial charge is 0.480 e. The number of amides is 1. The average molecular weight is 293 g/mol. The van der Waals surface area contributed by atoms with E-state index < -0.39 is 34.5 Å². The molecule has 0 bridgehead atoms. The third-order valence-electron chi connectivity index (χ3n) is 2.90. The maximum atomic E-state index is 12.0. The van der Waals surface area contributed by atoms with Crippen LogP contribution in [-0.4, -0.2) is 48.8 Å². The van der Waals surface area contributed by atoms with Crippen molar-refractivity contribution in [2.75, 3.05) is 13.1 Å². The smallest absolute Gasteiger partial charge is 0.322 e. The molecule has 1 amide bonds. The average Bonchev–Trinajstić information content (AvgIpc) is 2.55. The molecule has 4 N–H and O–H groups in total. The first kappa shape index (κ1) is 15.9. The number of carboxylic acids is 1. The molecule has 1 unspecified atom stereocenters. The van der Waals surface area contributed by atoms with E-state index in [0.717, 1.165) is 25.7 Å². The number of aliphatic carboxylic acids is 1. The summed E-state index contributed by atoms with van der Waals surface area (Å²) in [6, 6.07) is -1.52. The summed E-state index contributed by atoms with van der Waals surface area (Å²) in [5.41, 5.74) is 4.90. The number of hydrogen-bond donors (Lipinski definition) is 3. The van der Waals surface area contributed by atoms with Crippen LogP contribution in [0.3, 0.4) is 0 Å². The molecule has 0 aromatic rings. The molecule has 9 heteroatoms. The lowest BCUT2D eigenvalue weighted by atomic mass is 10.2. The Morgan fingerprint density at radius 1 is 1.21 bits per heavy atom. The summed E-state index contributed by atoms with van der Waals surface area (Å²) in [4.78, 5) is 21.7. The Morgan fingerprint density at radius 3 is 2.16 bits per heavy atom. The van der Waals surface area contributed by atoms with Gasteiger partial charge in [-0.3, -0.25) is 9.59 Å². The summed E-state index contributed by atoms with van der Waals surface area (Å²) in [5, 5.41) is 8.89. The molecule has 0 saturated carbocycles. The number of carboxylic acid groups (broad SMARTS) is 1. The fourth-order valence-electron chi connectivity index (χ4n) is 1.92. The van der Waals surface area contributed by atoms with Crippen molar-refractivity contribution in [1.29, 1.82) is 0 Å². The minimum Gasteiger partial charge on any atom is -0.480 e. The standard InChI is InChI=1S/C10H19N3O5S/c11-9(14)7-8(10(15)16)12-19(17,18)13-5-3-1-2-4-6-13/h8,12H,1-7H2,(H2,11,14)(H,15,16). The van der Waals surface area contributed by atoms with Gasteiger partial charge in [0.25, 0.3) is 10.2 Å². The van der Waals surface area contributed by atoms with E-state index in [2.05, 4.69) is 0 Å². The van der Waals surface area contributed by atoms with Crippen LogP contribution in [0.5, 0.6) is 0 Å². The number of rotatable bonds is 6. The molecular weight excluding hydrogens is 274 g/mol. The van der Waals surface area contributed by atoms with Crippen molar-refractivity contribution < 1.29 is 23.1 Å². The zero-order valence-corrected chi connectivity index (χ0v) is 11.4. The van der Waals surface area contributed by atoms with Crippen LogP contribution in [0, 0.1) is 0 Å². The Bertz CT molecular complexity index is 428. The van der Waals surface area contributed by atoms with Gasteiger partial charge in [0.2, 0.25) is 5.91 Å². The van der Waals surface area contributed by atoms with Crippen LogP contribution in [0.2, 0.25) is 0 Å². The van der Waals surface area contributed by atoms with Gasteiger partial charge in [-0.2, -0.15) is 17.4 Å². The van der Waals surface area contributed by atoms with Gasteiger partial charge >= 0.3 is 5.97 Å². The highest BCUT2D eigenvalue weighted by atomic mass is 32.2. The molecule has 19 heavy (non-hydrogen) atoms. The Morgan fingerprint density at radius 2 is 1.74 bits per heavy atom.